The predicted molar refractivity (Wildman–Crippen MR) is 129 cm³/mol. The molecule has 1 aliphatic heterocycles. The zero-order valence-electron chi connectivity index (χ0n) is 19.0. The molecule has 0 unspecified atom stereocenters. The highest BCUT2D eigenvalue weighted by Gasteiger charge is 2.26. The van der Waals surface area contributed by atoms with Crippen LogP contribution in [0.4, 0.5) is 0 Å². The summed E-state index contributed by atoms with van der Waals surface area (Å²) in [7, 11) is 0. The molecule has 172 valence electrons. The normalized spacial score (nSPS) is 14.2. The molecule has 1 aliphatic rings. The number of nitrogens with zero attached hydrogens (tertiary/aromatic N) is 3. The number of hydrogen-bond donors (Lipinski definition) is 1. The third kappa shape index (κ3) is 4.37. The lowest BCUT2D eigenvalue weighted by Gasteiger charge is -2.32. The lowest BCUT2D eigenvalue weighted by atomic mass is 10.0. The molecular weight excluding hydrogens is 428 g/mol. The van der Waals surface area contributed by atoms with Crippen LogP contribution >= 0.6 is 0 Å². The van der Waals surface area contributed by atoms with E-state index in [9.17, 15) is 9.59 Å². The first-order valence-electron chi connectivity index (χ1n) is 11.4. The second kappa shape index (κ2) is 9.39. The summed E-state index contributed by atoms with van der Waals surface area (Å²) in [6.07, 6.45) is 4.69. The van der Waals surface area contributed by atoms with Gasteiger partial charge >= 0.3 is 0 Å². The number of aryl methyl sites for hydroxylation is 1. The number of amides is 2. The van der Waals surface area contributed by atoms with Gasteiger partial charge in [0.15, 0.2) is 5.76 Å². The van der Waals surface area contributed by atoms with Crippen LogP contribution < -0.4 is 5.32 Å². The molecule has 0 radical (unpaired) electrons. The smallest absolute Gasteiger partial charge is 0.287 e. The number of piperidine rings is 1. The SMILES string of the molecule is Cc1ccoc1C(=O)NC1CCN(C(=O)c2cccc(-n3nccc3-c3ccccc3)c2)CC1. The molecule has 0 spiro atoms. The maximum absolute atomic E-state index is 13.2. The summed E-state index contributed by atoms with van der Waals surface area (Å²) in [5, 5.41) is 7.51. The minimum Gasteiger partial charge on any atom is -0.459 e. The molecule has 0 aliphatic carbocycles. The van der Waals surface area contributed by atoms with Crippen molar-refractivity contribution in [1.82, 2.24) is 20.0 Å². The highest BCUT2D eigenvalue weighted by atomic mass is 16.3. The van der Waals surface area contributed by atoms with Crippen LogP contribution in [-0.4, -0.2) is 45.6 Å². The van der Waals surface area contributed by atoms with Crippen molar-refractivity contribution >= 4 is 11.8 Å². The number of aromatic nitrogens is 2. The van der Waals surface area contributed by atoms with E-state index in [1.54, 1.807) is 12.3 Å². The van der Waals surface area contributed by atoms with Gasteiger partial charge in [-0.2, -0.15) is 5.10 Å². The number of carbonyl (C=O) groups is 2. The molecule has 5 rings (SSSR count). The standard InChI is InChI=1S/C27H26N4O3/c1-19-13-17-34-25(19)26(32)29-22-11-15-30(16-12-22)27(33)21-8-5-9-23(18-21)31-24(10-14-28-31)20-6-3-2-4-7-20/h2-10,13-14,17-18,22H,11-12,15-16H2,1H3,(H,29,32). The summed E-state index contributed by atoms with van der Waals surface area (Å²) in [5.74, 6) is 0.138. The van der Waals surface area contributed by atoms with E-state index >= 15 is 0 Å². The molecule has 2 amide bonds. The van der Waals surface area contributed by atoms with E-state index in [1.807, 2.05) is 77.2 Å². The van der Waals surface area contributed by atoms with E-state index in [1.165, 1.54) is 6.26 Å². The minimum absolute atomic E-state index is 0.0121. The van der Waals surface area contributed by atoms with Gasteiger partial charge in [0, 0.05) is 35.8 Å². The molecule has 1 fully saturated rings. The molecule has 1 saturated heterocycles. The second-order valence-electron chi connectivity index (χ2n) is 8.52. The third-order valence-corrected chi connectivity index (χ3v) is 6.24. The van der Waals surface area contributed by atoms with E-state index < -0.39 is 0 Å². The van der Waals surface area contributed by atoms with E-state index in [4.69, 9.17) is 4.42 Å². The fourth-order valence-corrected chi connectivity index (χ4v) is 4.37. The van der Waals surface area contributed by atoms with Crippen molar-refractivity contribution in [1.29, 1.82) is 0 Å². The molecular formula is C27H26N4O3. The lowest BCUT2D eigenvalue weighted by molar-refractivity contribution is 0.0695. The number of rotatable bonds is 5. The summed E-state index contributed by atoms with van der Waals surface area (Å²) in [5.41, 5.74) is 4.31. The Bertz CT molecular complexity index is 1300. The minimum atomic E-state index is -0.201. The van der Waals surface area contributed by atoms with Crippen molar-refractivity contribution in [3.63, 3.8) is 0 Å². The van der Waals surface area contributed by atoms with Crippen molar-refractivity contribution in [3.05, 3.63) is 96.1 Å². The number of benzene rings is 2. The van der Waals surface area contributed by atoms with E-state index in [0.717, 1.165) is 22.5 Å². The van der Waals surface area contributed by atoms with Crippen LogP contribution in [0.15, 0.2) is 83.6 Å². The van der Waals surface area contributed by atoms with Gasteiger partial charge in [0.05, 0.1) is 23.8 Å². The fraction of sp³-hybridized carbons (Fsp3) is 0.222. The van der Waals surface area contributed by atoms with Gasteiger partial charge in [-0.3, -0.25) is 9.59 Å². The van der Waals surface area contributed by atoms with Crippen LogP contribution in [0.2, 0.25) is 0 Å². The average molecular weight is 455 g/mol. The van der Waals surface area contributed by atoms with E-state index in [0.29, 0.717) is 37.3 Å². The highest BCUT2D eigenvalue weighted by Crippen LogP contribution is 2.23. The Kier molecular flexibility index (Phi) is 5.99. The maximum Gasteiger partial charge on any atom is 0.287 e. The first-order valence-corrected chi connectivity index (χ1v) is 11.4. The number of furan rings is 1. The molecule has 2 aromatic carbocycles. The number of likely N-dealkylation sites (tertiary alicyclic amines) is 1. The molecule has 0 bridgehead atoms. The molecule has 4 aromatic rings. The van der Waals surface area contributed by atoms with Gasteiger partial charge in [-0.1, -0.05) is 36.4 Å². The van der Waals surface area contributed by atoms with Crippen molar-refractivity contribution in [2.45, 2.75) is 25.8 Å². The monoisotopic (exact) mass is 454 g/mol. The Balaban J connectivity index is 1.26. The Morgan fingerprint density at radius 2 is 1.79 bits per heavy atom. The maximum atomic E-state index is 13.2. The topological polar surface area (TPSA) is 80.4 Å². The first kappa shape index (κ1) is 21.7. The largest absolute Gasteiger partial charge is 0.459 e. The molecule has 34 heavy (non-hydrogen) atoms. The molecule has 3 heterocycles. The van der Waals surface area contributed by atoms with E-state index in [-0.39, 0.29) is 17.9 Å². The highest BCUT2D eigenvalue weighted by molar-refractivity contribution is 5.95. The molecule has 7 heteroatoms. The van der Waals surface area contributed by atoms with Crippen molar-refractivity contribution < 1.29 is 14.0 Å². The van der Waals surface area contributed by atoms with Crippen LogP contribution in [0.25, 0.3) is 16.9 Å². The molecule has 0 atom stereocenters. The van der Waals surface area contributed by atoms with Gasteiger partial charge in [-0.25, -0.2) is 4.68 Å². The Hall–Kier alpha value is -4.13. The quantitative estimate of drug-likeness (QED) is 0.482. The average Bonchev–Trinajstić information content (AvgIpc) is 3.54. The molecule has 0 saturated carbocycles. The first-order chi connectivity index (χ1) is 16.6. The third-order valence-electron chi connectivity index (χ3n) is 6.24. The predicted octanol–water partition coefficient (Wildman–Crippen LogP) is 4.48. The van der Waals surface area contributed by atoms with Crippen molar-refractivity contribution in [2.75, 3.05) is 13.1 Å². The summed E-state index contributed by atoms with van der Waals surface area (Å²) < 4.78 is 7.13. The zero-order valence-corrected chi connectivity index (χ0v) is 19.0. The van der Waals surface area contributed by atoms with Crippen LogP contribution in [0, 0.1) is 6.92 Å². The molecule has 7 nitrogen and oxygen atoms in total. The lowest BCUT2D eigenvalue weighted by Crippen LogP contribution is -2.46. The summed E-state index contributed by atoms with van der Waals surface area (Å²) >= 11 is 0. The van der Waals surface area contributed by atoms with Gasteiger partial charge in [-0.05, 0) is 50.1 Å². The number of carbonyl (C=O) groups excluding carboxylic acids is 2. The van der Waals surface area contributed by atoms with Crippen LogP contribution in [0.3, 0.4) is 0 Å². The molecule has 1 N–H and O–H groups in total. The zero-order chi connectivity index (χ0) is 23.5. The number of nitrogens with one attached hydrogen (secondary N) is 1. The summed E-state index contributed by atoms with van der Waals surface area (Å²) in [4.78, 5) is 27.5. The summed E-state index contributed by atoms with van der Waals surface area (Å²) in [6, 6.07) is 21.4. The molecule has 2 aromatic heterocycles. The fourth-order valence-electron chi connectivity index (χ4n) is 4.37. The summed E-state index contributed by atoms with van der Waals surface area (Å²) in [6.45, 7) is 3.02. The Morgan fingerprint density at radius 1 is 1.00 bits per heavy atom. The van der Waals surface area contributed by atoms with Gasteiger partial charge in [0.2, 0.25) is 0 Å². The Morgan fingerprint density at radius 3 is 2.53 bits per heavy atom. The van der Waals surface area contributed by atoms with E-state index in [2.05, 4.69) is 10.4 Å². The van der Waals surface area contributed by atoms with Crippen LogP contribution in [-0.2, 0) is 0 Å². The van der Waals surface area contributed by atoms with Gasteiger partial charge < -0.3 is 14.6 Å². The van der Waals surface area contributed by atoms with Crippen LogP contribution in [0.5, 0.6) is 0 Å². The Labute approximate surface area is 198 Å². The van der Waals surface area contributed by atoms with Gasteiger partial charge in [0.25, 0.3) is 11.8 Å². The van der Waals surface area contributed by atoms with Gasteiger partial charge in [-0.15, -0.1) is 0 Å². The van der Waals surface area contributed by atoms with Crippen molar-refractivity contribution in [2.24, 2.45) is 0 Å². The van der Waals surface area contributed by atoms with Crippen molar-refractivity contribution in [3.8, 4) is 16.9 Å². The van der Waals surface area contributed by atoms with Gasteiger partial charge in [0.1, 0.15) is 0 Å². The second-order valence-corrected chi connectivity index (χ2v) is 8.52. The number of hydrogen-bond acceptors (Lipinski definition) is 4. The van der Waals surface area contributed by atoms with Crippen LogP contribution in [0.1, 0.15) is 39.3 Å².